The van der Waals surface area contributed by atoms with E-state index >= 15 is 0 Å². The van der Waals surface area contributed by atoms with Gasteiger partial charge >= 0.3 is 0 Å². The highest BCUT2D eigenvalue weighted by atomic mass is 15.1. The van der Waals surface area contributed by atoms with Crippen molar-refractivity contribution in [1.82, 2.24) is 9.38 Å². The van der Waals surface area contributed by atoms with E-state index in [2.05, 4.69) is 111 Å². The molecule has 3 aromatic heterocycles. The summed E-state index contributed by atoms with van der Waals surface area (Å²) in [4.78, 5) is 7.26. The minimum atomic E-state index is 0.0145. The molecule has 0 unspecified atom stereocenters. The summed E-state index contributed by atoms with van der Waals surface area (Å²) in [6.45, 7) is 6.96. The normalized spacial score (nSPS) is 12.9. The quantitative estimate of drug-likeness (QED) is 0.191. The highest BCUT2D eigenvalue weighted by Gasteiger charge is 2.27. The van der Waals surface area contributed by atoms with Crippen molar-refractivity contribution in [3.05, 3.63) is 78.5 Å². The van der Waals surface area contributed by atoms with E-state index in [1.807, 2.05) is 6.20 Å². The molecular weight excluding hydrogens is 414 g/mol. The Morgan fingerprint density at radius 2 is 1.47 bits per heavy atom. The number of fused-ring (bicyclic) bond motifs is 7. The first-order valence-electron chi connectivity index (χ1n) is 12.0. The van der Waals surface area contributed by atoms with Gasteiger partial charge in [0.1, 0.15) is 0 Å². The number of hydrogen-bond donors (Lipinski definition) is 0. The van der Waals surface area contributed by atoms with Gasteiger partial charge in [-0.25, -0.2) is 0 Å². The van der Waals surface area contributed by atoms with Gasteiger partial charge in [-0.05, 0) is 46.0 Å². The van der Waals surface area contributed by atoms with E-state index in [0.29, 0.717) is 0 Å². The Hall–Kier alpha value is -3.85. The van der Waals surface area contributed by atoms with Gasteiger partial charge < -0.3 is 9.30 Å². The first kappa shape index (κ1) is 19.6. The SMILES string of the molecule is CN(C)c1c2ccccc2cc2c3nccc4cc(C(C)(C)C)c5c6ccccc6n(c12)c5c43. The second-order valence-corrected chi connectivity index (χ2v) is 10.7. The largest absolute Gasteiger partial charge is 0.375 e. The smallest absolute Gasteiger partial charge is 0.0823 e. The summed E-state index contributed by atoms with van der Waals surface area (Å²) in [5.74, 6) is 0. The van der Waals surface area contributed by atoms with Gasteiger partial charge in [0, 0.05) is 47.2 Å². The molecule has 3 heteroatoms. The zero-order chi connectivity index (χ0) is 23.4. The minimum Gasteiger partial charge on any atom is -0.375 e. The standard InChI is InChI=1S/C31H27N3/c1-31(2,3)23-17-19-14-15-32-27-22-16-18-10-6-7-11-20(18)28(33(4)5)29(22)34-24-13-9-8-12-21(24)26(23)30(34)25(19)27/h6-17H,1-5H3. The molecule has 0 N–H and O–H groups in total. The van der Waals surface area contributed by atoms with Gasteiger partial charge in [-0.15, -0.1) is 0 Å². The van der Waals surface area contributed by atoms with Crippen molar-refractivity contribution in [3.8, 4) is 0 Å². The predicted octanol–water partition coefficient (Wildman–Crippen LogP) is 7.90. The molecule has 4 aromatic carbocycles. The number of benzene rings is 4. The number of anilines is 1. The van der Waals surface area contributed by atoms with E-state index in [4.69, 9.17) is 4.98 Å². The summed E-state index contributed by atoms with van der Waals surface area (Å²) in [5, 5.41) is 8.89. The van der Waals surface area contributed by atoms with E-state index in [-0.39, 0.29) is 5.41 Å². The summed E-state index contributed by atoms with van der Waals surface area (Å²) >= 11 is 0. The summed E-state index contributed by atoms with van der Waals surface area (Å²) in [6, 6.07) is 24.5. The molecule has 0 aliphatic carbocycles. The van der Waals surface area contributed by atoms with Gasteiger partial charge in [-0.3, -0.25) is 4.98 Å². The maximum absolute atomic E-state index is 5.00. The predicted molar refractivity (Wildman–Crippen MR) is 147 cm³/mol. The molecule has 0 saturated carbocycles. The van der Waals surface area contributed by atoms with E-state index in [1.54, 1.807) is 0 Å². The van der Waals surface area contributed by atoms with Gasteiger partial charge in [-0.1, -0.05) is 63.2 Å². The average molecular weight is 442 g/mol. The number of hydrogen-bond acceptors (Lipinski definition) is 2. The zero-order valence-corrected chi connectivity index (χ0v) is 20.3. The molecule has 7 aromatic rings. The first-order valence-corrected chi connectivity index (χ1v) is 12.0. The molecule has 3 heterocycles. The number of aromatic nitrogens is 2. The Labute approximate surface area is 198 Å². The second-order valence-electron chi connectivity index (χ2n) is 10.7. The monoisotopic (exact) mass is 441 g/mol. The Balaban J connectivity index is 1.95. The van der Waals surface area contributed by atoms with Crippen LogP contribution >= 0.6 is 0 Å². The van der Waals surface area contributed by atoms with Crippen molar-refractivity contribution in [1.29, 1.82) is 0 Å². The van der Waals surface area contributed by atoms with Crippen LogP contribution in [0.2, 0.25) is 0 Å². The fourth-order valence-electron chi connectivity index (χ4n) is 6.03. The lowest BCUT2D eigenvalue weighted by Crippen LogP contribution is -2.13. The average Bonchev–Trinajstić information content (AvgIpc) is 3.16. The summed E-state index contributed by atoms with van der Waals surface area (Å²) in [6.07, 6.45) is 1.97. The molecule has 34 heavy (non-hydrogen) atoms. The van der Waals surface area contributed by atoms with Crippen LogP contribution < -0.4 is 4.90 Å². The number of rotatable bonds is 1. The van der Waals surface area contributed by atoms with Gasteiger partial charge in [0.05, 0.1) is 27.8 Å². The topological polar surface area (TPSA) is 20.5 Å². The van der Waals surface area contributed by atoms with Crippen LogP contribution in [0.3, 0.4) is 0 Å². The van der Waals surface area contributed by atoms with Crippen LogP contribution in [0.25, 0.3) is 59.8 Å². The summed E-state index contributed by atoms with van der Waals surface area (Å²) in [5.41, 5.74) is 7.50. The molecule has 0 aliphatic rings. The van der Waals surface area contributed by atoms with Crippen LogP contribution in [0.5, 0.6) is 0 Å². The third-order valence-electron chi connectivity index (χ3n) is 7.39. The highest BCUT2D eigenvalue weighted by molar-refractivity contribution is 6.31. The van der Waals surface area contributed by atoms with Crippen LogP contribution in [0.15, 0.2) is 72.9 Å². The van der Waals surface area contributed by atoms with Crippen LogP contribution in [0, 0.1) is 0 Å². The van der Waals surface area contributed by atoms with E-state index in [1.165, 1.54) is 65.5 Å². The minimum absolute atomic E-state index is 0.0145. The molecular formula is C31H27N3. The van der Waals surface area contributed by atoms with Gasteiger partial charge in [0.2, 0.25) is 0 Å². The molecule has 7 rings (SSSR count). The van der Waals surface area contributed by atoms with Crippen molar-refractivity contribution in [2.24, 2.45) is 0 Å². The molecule has 3 nitrogen and oxygen atoms in total. The summed E-state index contributed by atoms with van der Waals surface area (Å²) in [7, 11) is 4.31. The first-order chi connectivity index (χ1) is 16.4. The van der Waals surface area contributed by atoms with Gasteiger partial charge in [0.15, 0.2) is 0 Å². The molecule has 0 aliphatic heterocycles. The van der Waals surface area contributed by atoms with Crippen LogP contribution in [0.1, 0.15) is 26.3 Å². The Kier molecular flexibility index (Phi) is 3.68. The van der Waals surface area contributed by atoms with Crippen LogP contribution in [0.4, 0.5) is 5.69 Å². The van der Waals surface area contributed by atoms with E-state index in [9.17, 15) is 0 Å². The zero-order valence-electron chi connectivity index (χ0n) is 20.3. The number of nitrogens with zero attached hydrogens (tertiary/aromatic N) is 3. The number of para-hydroxylation sites is 1. The fourth-order valence-corrected chi connectivity index (χ4v) is 6.03. The van der Waals surface area contributed by atoms with Gasteiger partial charge in [-0.2, -0.15) is 0 Å². The molecule has 0 bridgehead atoms. The molecule has 0 atom stereocenters. The lowest BCUT2D eigenvalue weighted by atomic mass is 9.82. The summed E-state index contributed by atoms with van der Waals surface area (Å²) < 4.78 is 2.52. The molecule has 166 valence electrons. The van der Waals surface area contributed by atoms with E-state index < -0.39 is 0 Å². The van der Waals surface area contributed by atoms with E-state index in [0.717, 1.165) is 5.52 Å². The van der Waals surface area contributed by atoms with Crippen molar-refractivity contribution < 1.29 is 0 Å². The molecule has 0 saturated heterocycles. The maximum Gasteiger partial charge on any atom is 0.0823 e. The lowest BCUT2D eigenvalue weighted by Gasteiger charge is -2.24. The molecule has 0 radical (unpaired) electrons. The van der Waals surface area contributed by atoms with Crippen LogP contribution in [-0.4, -0.2) is 23.5 Å². The Bertz CT molecular complexity index is 1920. The third kappa shape index (κ3) is 2.34. The maximum atomic E-state index is 5.00. The highest BCUT2D eigenvalue weighted by Crippen LogP contribution is 2.47. The molecule has 0 amide bonds. The van der Waals surface area contributed by atoms with Gasteiger partial charge in [0.25, 0.3) is 0 Å². The van der Waals surface area contributed by atoms with Crippen molar-refractivity contribution in [3.63, 3.8) is 0 Å². The third-order valence-corrected chi connectivity index (χ3v) is 7.39. The molecule has 0 fully saturated rings. The van der Waals surface area contributed by atoms with Crippen LogP contribution in [-0.2, 0) is 5.41 Å². The van der Waals surface area contributed by atoms with Crippen molar-refractivity contribution in [2.75, 3.05) is 19.0 Å². The molecule has 0 spiro atoms. The Morgan fingerprint density at radius 1 is 0.735 bits per heavy atom. The van der Waals surface area contributed by atoms with Crippen molar-refractivity contribution >= 4 is 65.5 Å². The number of pyridine rings is 2. The lowest BCUT2D eigenvalue weighted by molar-refractivity contribution is 0.597. The van der Waals surface area contributed by atoms with Crippen molar-refractivity contribution in [2.45, 2.75) is 26.2 Å². The fraction of sp³-hybridized carbons (Fsp3) is 0.194. The Morgan fingerprint density at radius 3 is 2.24 bits per heavy atom. The second kappa shape index (κ2) is 6.38.